The van der Waals surface area contributed by atoms with Gasteiger partial charge in [0.2, 0.25) is 0 Å². The summed E-state index contributed by atoms with van der Waals surface area (Å²) in [4.78, 5) is 27.7. The van der Waals surface area contributed by atoms with Crippen molar-refractivity contribution in [2.45, 2.75) is 44.9 Å². The number of hydrogen-bond acceptors (Lipinski definition) is 3. The molecule has 1 aliphatic carbocycles. The molecule has 7 heteroatoms. The van der Waals surface area contributed by atoms with Gasteiger partial charge in [0.25, 0.3) is 11.8 Å². The molecule has 0 spiro atoms. The van der Waals surface area contributed by atoms with E-state index in [1.807, 2.05) is 17.0 Å². The molecule has 5 nitrogen and oxygen atoms in total. The Morgan fingerprint density at radius 2 is 1.88 bits per heavy atom. The largest absolute Gasteiger partial charge is 0.481 e. The van der Waals surface area contributed by atoms with Crippen LogP contribution < -0.4 is 10.1 Å². The number of nitrogens with zero attached hydrogens (tertiary/aromatic N) is 1. The maximum atomic E-state index is 14.0. The van der Waals surface area contributed by atoms with Crippen molar-refractivity contribution in [3.63, 3.8) is 0 Å². The van der Waals surface area contributed by atoms with Crippen LogP contribution in [0.1, 0.15) is 52.9 Å². The van der Waals surface area contributed by atoms with Crippen LogP contribution in [0.5, 0.6) is 5.75 Å². The van der Waals surface area contributed by atoms with Gasteiger partial charge in [-0.15, -0.1) is 0 Å². The van der Waals surface area contributed by atoms with Crippen molar-refractivity contribution in [1.29, 1.82) is 0 Å². The number of ether oxygens (including phenoxy) is 1. The van der Waals surface area contributed by atoms with Crippen molar-refractivity contribution < 1.29 is 23.1 Å². The molecule has 0 saturated carbocycles. The van der Waals surface area contributed by atoms with E-state index < -0.39 is 23.6 Å². The number of amides is 2. The van der Waals surface area contributed by atoms with Crippen LogP contribution in [0, 0.1) is 11.6 Å². The highest BCUT2D eigenvalue weighted by Crippen LogP contribution is 2.38. The van der Waals surface area contributed by atoms with Gasteiger partial charge in [-0.05, 0) is 67.6 Å². The molecule has 2 aliphatic rings. The summed E-state index contributed by atoms with van der Waals surface area (Å²) in [7, 11) is 0. The Balaban J connectivity index is 1.44. The van der Waals surface area contributed by atoms with Gasteiger partial charge < -0.3 is 15.0 Å². The van der Waals surface area contributed by atoms with Gasteiger partial charge in [-0.3, -0.25) is 9.59 Å². The molecule has 0 fully saturated rings. The van der Waals surface area contributed by atoms with E-state index in [2.05, 4.69) is 17.4 Å². The van der Waals surface area contributed by atoms with Crippen LogP contribution in [0.3, 0.4) is 0 Å². The van der Waals surface area contributed by atoms with Gasteiger partial charge >= 0.3 is 0 Å². The highest BCUT2D eigenvalue weighted by Gasteiger charge is 2.35. The fraction of sp³-hybridized carbons (Fsp3) is 0.259. The van der Waals surface area contributed by atoms with Crippen LogP contribution in [0.4, 0.5) is 14.5 Å². The summed E-state index contributed by atoms with van der Waals surface area (Å²) in [6, 6.07) is 16.0. The first-order valence-corrected chi connectivity index (χ1v) is 11.3. The normalized spacial score (nSPS) is 19.5. The number of fused-ring (bicyclic) bond motifs is 2. The molecule has 2 atom stereocenters. The van der Waals surface area contributed by atoms with Crippen molar-refractivity contribution in [3.8, 4) is 5.75 Å². The number of rotatable bonds is 3. The third-order valence-corrected chi connectivity index (χ3v) is 6.48. The van der Waals surface area contributed by atoms with Crippen LogP contribution in [0.15, 0.2) is 60.7 Å². The molecule has 0 aromatic heterocycles. The van der Waals surface area contributed by atoms with Crippen molar-refractivity contribution in [2.75, 3.05) is 5.32 Å². The number of hydrogen-bond donors (Lipinski definition) is 1. The second-order valence-electron chi connectivity index (χ2n) is 8.73. The van der Waals surface area contributed by atoms with E-state index in [9.17, 15) is 18.4 Å². The molecule has 3 aromatic carbocycles. The van der Waals surface area contributed by atoms with Gasteiger partial charge in [0.1, 0.15) is 17.4 Å². The van der Waals surface area contributed by atoms with Gasteiger partial charge in [-0.25, -0.2) is 8.78 Å². The molecule has 3 aromatic rings. The Kier molecular flexibility index (Phi) is 5.77. The smallest absolute Gasteiger partial charge is 0.264 e. The molecule has 0 bridgehead atoms. The minimum absolute atomic E-state index is 0.0546. The fourth-order valence-corrected chi connectivity index (χ4v) is 4.82. The number of halogens is 2. The van der Waals surface area contributed by atoms with E-state index in [1.165, 1.54) is 5.56 Å². The molecular formula is C27H24F2N2O3. The van der Waals surface area contributed by atoms with Crippen molar-refractivity contribution in [2.24, 2.45) is 0 Å². The third kappa shape index (κ3) is 4.14. The third-order valence-electron chi connectivity index (χ3n) is 6.48. The number of carbonyl (C=O) groups excluding carboxylic acids is 2. The van der Waals surface area contributed by atoms with Crippen LogP contribution in [0.2, 0.25) is 0 Å². The lowest BCUT2D eigenvalue weighted by Crippen LogP contribution is -2.41. The van der Waals surface area contributed by atoms with Gasteiger partial charge in [-0.2, -0.15) is 0 Å². The van der Waals surface area contributed by atoms with Crippen molar-refractivity contribution in [3.05, 3.63) is 94.6 Å². The highest BCUT2D eigenvalue weighted by molar-refractivity contribution is 6.04. The topological polar surface area (TPSA) is 58.6 Å². The van der Waals surface area contributed by atoms with E-state index in [0.29, 0.717) is 24.0 Å². The monoisotopic (exact) mass is 462 g/mol. The molecular weight excluding hydrogens is 438 g/mol. The van der Waals surface area contributed by atoms with Crippen molar-refractivity contribution in [1.82, 2.24) is 4.90 Å². The van der Waals surface area contributed by atoms with Gasteiger partial charge in [0.05, 0.1) is 18.2 Å². The summed E-state index contributed by atoms with van der Waals surface area (Å²) in [5.41, 5.74) is 3.35. The zero-order chi connectivity index (χ0) is 23.8. The molecule has 34 heavy (non-hydrogen) atoms. The summed E-state index contributed by atoms with van der Waals surface area (Å²) in [5, 5.41) is 2.66. The summed E-state index contributed by atoms with van der Waals surface area (Å²) in [6.45, 7) is 2.07. The molecule has 1 aliphatic heterocycles. The first-order chi connectivity index (χ1) is 16.4. The lowest BCUT2D eigenvalue weighted by atomic mass is 9.86. The lowest BCUT2D eigenvalue weighted by Gasteiger charge is -2.35. The first-order valence-electron chi connectivity index (χ1n) is 11.3. The highest BCUT2D eigenvalue weighted by atomic mass is 19.1. The predicted molar refractivity (Wildman–Crippen MR) is 124 cm³/mol. The number of benzene rings is 3. The van der Waals surface area contributed by atoms with Crippen LogP contribution >= 0.6 is 0 Å². The average Bonchev–Trinajstić information content (AvgIpc) is 2.94. The van der Waals surface area contributed by atoms with Gasteiger partial charge in [0.15, 0.2) is 6.10 Å². The summed E-state index contributed by atoms with van der Waals surface area (Å²) >= 11 is 0. The van der Waals surface area contributed by atoms with Crippen molar-refractivity contribution >= 4 is 17.5 Å². The Hall–Kier alpha value is -3.74. The van der Waals surface area contributed by atoms with E-state index in [4.69, 9.17) is 4.74 Å². The number of anilines is 1. The van der Waals surface area contributed by atoms with Crippen LogP contribution in [-0.2, 0) is 17.8 Å². The SMILES string of the molecule is CC1Oc2ccc(NC(=O)c3ccc(F)cc3F)cc2CN(C2CCCc3ccccc32)C1=O. The standard InChI is InChI=1S/C27H24F2N2O3/c1-16-27(33)31(24-8-4-6-17-5-2-3-7-21(17)24)15-18-13-20(10-12-25(18)34-16)30-26(32)22-11-9-19(28)14-23(22)29/h2-3,5,7,9-14,16,24H,4,6,8,15H2,1H3,(H,30,32). The second kappa shape index (κ2) is 8.89. The number of aryl methyl sites for hydroxylation is 1. The zero-order valence-electron chi connectivity index (χ0n) is 18.7. The molecule has 1 heterocycles. The van der Waals surface area contributed by atoms with E-state index >= 15 is 0 Å². The van der Waals surface area contributed by atoms with E-state index in [0.717, 1.165) is 42.5 Å². The number of carbonyl (C=O) groups is 2. The second-order valence-corrected chi connectivity index (χ2v) is 8.73. The molecule has 2 unspecified atom stereocenters. The first kappa shape index (κ1) is 22.1. The zero-order valence-corrected chi connectivity index (χ0v) is 18.7. The minimum atomic E-state index is -0.933. The maximum absolute atomic E-state index is 14.0. The molecule has 5 rings (SSSR count). The molecule has 1 N–H and O–H groups in total. The number of nitrogens with one attached hydrogen (secondary N) is 1. The summed E-state index contributed by atoms with van der Waals surface area (Å²) < 4.78 is 33.2. The summed E-state index contributed by atoms with van der Waals surface area (Å²) in [5.74, 6) is -1.89. The Morgan fingerprint density at radius 3 is 2.71 bits per heavy atom. The molecule has 0 radical (unpaired) electrons. The Morgan fingerprint density at radius 1 is 1.06 bits per heavy atom. The van der Waals surface area contributed by atoms with Crippen LogP contribution in [-0.4, -0.2) is 22.8 Å². The summed E-state index contributed by atoms with van der Waals surface area (Å²) in [6.07, 6.45) is 2.20. The molecule has 2 amide bonds. The molecule has 0 saturated heterocycles. The van der Waals surface area contributed by atoms with Crippen LogP contribution in [0.25, 0.3) is 0 Å². The van der Waals surface area contributed by atoms with E-state index in [1.54, 1.807) is 25.1 Å². The fourth-order valence-electron chi connectivity index (χ4n) is 4.82. The Bertz CT molecular complexity index is 1280. The van der Waals surface area contributed by atoms with Gasteiger partial charge in [-0.1, -0.05) is 24.3 Å². The quantitative estimate of drug-likeness (QED) is 0.567. The predicted octanol–water partition coefficient (Wildman–Crippen LogP) is 5.40. The Labute approximate surface area is 196 Å². The minimum Gasteiger partial charge on any atom is -0.481 e. The molecule has 174 valence electrons. The van der Waals surface area contributed by atoms with Gasteiger partial charge in [0, 0.05) is 17.3 Å². The lowest BCUT2D eigenvalue weighted by molar-refractivity contribution is -0.140. The average molecular weight is 462 g/mol. The van der Waals surface area contributed by atoms with E-state index in [-0.39, 0.29) is 17.5 Å². The maximum Gasteiger partial charge on any atom is 0.264 e.